The fourth-order valence-electron chi connectivity index (χ4n) is 4.53. The van der Waals surface area contributed by atoms with E-state index in [1.54, 1.807) is 38.4 Å². The zero-order valence-corrected chi connectivity index (χ0v) is 20.3. The zero-order valence-electron chi connectivity index (χ0n) is 20.3. The molecule has 1 heterocycles. The van der Waals surface area contributed by atoms with Gasteiger partial charge in [0.25, 0.3) is 0 Å². The van der Waals surface area contributed by atoms with Crippen molar-refractivity contribution in [1.82, 2.24) is 4.57 Å². The summed E-state index contributed by atoms with van der Waals surface area (Å²) in [6, 6.07) is 10.6. The van der Waals surface area contributed by atoms with Crippen molar-refractivity contribution in [3.8, 4) is 5.75 Å². The number of esters is 1. The van der Waals surface area contributed by atoms with Gasteiger partial charge in [-0.05, 0) is 57.0 Å². The third-order valence-corrected chi connectivity index (χ3v) is 6.30. The van der Waals surface area contributed by atoms with Crippen LogP contribution < -0.4 is 9.80 Å². The van der Waals surface area contributed by atoms with E-state index < -0.39 is 5.97 Å². The van der Waals surface area contributed by atoms with Crippen molar-refractivity contribution in [2.24, 2.45) is 0 Å². The Balaban J connectivity index is 1.71. The van der Waals surface area contributed by atoms with Crippen molar-refractivity contribution in [3.05, 3.63) is 59.3 Å². The molecular formula is C27H30N2O6. The molecule has 0 atom stereocenters. The monoisotopic (exact) mass is 478 g/mol. The molecule has 1 amide bonds. The van der Waals surface area contributed by atoms with Crippen molar-refractivity contribution in [2.75, 3.05) is 18.8 Å². The van der Waals surface area contributed by atoms with E-state index in [9.17, 15) is 14.4 Å². The number of amides is 1. The van der Waals surface area contributed by atoms with Crippen LogP contribution >= 0.6 is 0 Å². The highest BCUT2D eigenvalue weighted by Crippen LogP contribution is 2.31. The average Bonchev–Trinajstić information content (AvgIpc) is 3.50. The second-order valence-corrected chi connectivity index (χ2v) is 8.62. The van der Waals surface area contributed by atoms with Crippen LogP contribution in [0.1, 0.15) is 65.8 Å². The van der Waals surface area contributed by atoms with Gasteiger partial charge < -0.3 is 14.0 Å². The number of anilines is 1. The van der Waals surface area contributed by atoms with E-state index in [-0.39, 0.29) is 18.5 Å². The largest absolute Gasteiger partial charge is 0.496 e. The summed E-state index contributed by atoms with van der Waals surface area (Å²) < 4.78 is 12.6. The van der Waals surface area contributed by atoms with Gasteiger partial charge in [-0.3, -0.25) is 14.4 Å². The molecule has 2 aromatic carbocycles. The molecule has 0 N–H and O–H groups in total. The lowest BCUT2D eigenvalue weighted by atomic mass is 10.1. The van der Waals surface area contributed by atoms with Crippen molar-refractivity contribution in [2.45, 2.75) is 52.2 Å². The molecule has 0 saturated heterocycles. The first-order chi connectivity index (χ1) is 16.9. The molecule has 0 bridgehead atoms. The van der Waals surface area contributed by atoms with Crippen LogP contribution in [-0.4, -0.2) is 42.6 Å². The Hall–Kier alpha value is -3.65. The van der Waals surface area contributed by atoms with Gasteiger partial charge in [0, 0.05) is 22.7 Å². The van der Waals surface area contributed by atoms with E-state index >= 15 is 0 Å². The van der Waals surface area contributed by atoms with Crippen LogP contribution in [-0.2, 0) is 20.9 Å². The van der Waals surface area contributed by atoms with Crippen LogP contribution in [0.15, 0.2) is 42.6 Å². The Morgan fingerprint density at radius 2 is 1.91 bits per heavy atom. The number of carbonyl (C=O) groups excluding carboxylic acids is 3. The minimum atomic E-state index is -0.413. The number of aromatic nitrogens is 1. The number of ketones is 1. The van der Waals surface area contributed by atoms with E-state index in [4.69, 9.17) is 14.3 Å². The molecule has 8 nitrogen and oxygen atoms in total. The van der Waals surface area contributed by atoms with Crippen LogP contribution in [0.3, 0.4) is 0 Å². The topological polar surface area (TPSA) is 87.1 Å². The van der Waals surface area contributed by atoms with Gasteiger partial charge in [-0.2, -0.15) is 5.06 Å². The zero-order chi connectivity index (χ0) is 24.9. The molecule has 3 aromatic rings. The number of nitrogens with zero attached hydrogens (tertiary/aromatic N) is 2. The Morgan fingerprint density at radius 1 is 1.14 bits per heavy atom. The highest BCUT2D eigenvalue weighted by atomic mass is 16.7. The van der Waals surface area contributed by atoms with Gasteiger partial charge in [0.1, 0.15) is 5.75 Å². The van der Waals surface area contributed by atoms with E-state index in [2.05, 4.69) is 0 Å². The predicted octanol–water partition coefficient (Wildman–Crippen LogP) is 4.91. The van der Waals surface area contributed by atoms with E-state index in [1.807, 2.05) is 22.8 Å². The molecule has 1 aliphatic carbocycles. The molecule has 1 saturated carbocycles. The lowest BCUT2D eigenvalue weighted by Gasteiger charge is -2.21. The molecule has 1 fully saturated rings. The van der Waals surface area contributed by atoms with Gasteiger partial charge in [-0.25, -0.2) is 4.79 Å². The summed E-state index contributed by atoms with van der Waals surface area (Å²) >= 11 is 0. The summed E-state index contributed by atoms with van der Waals surface area (Å²) in [6.45, 7) is 3.97. The number of methoxy groups -OCH3 is 1. The Bertz CT molecular complexity index is 1240. The number of hydrogen-bond acceptors (Lipinski definition) is 6. The van der Waals surface area contributed by atoms with Crippen LogP contribution in [0, 0.1) is 0 Å². The summed E-state index contributed by atoms with van der Waals surface area (Å²) in [5, 5.41) is 2.06. The van der Waals surface area contributed by atoms with Crippen molar-refractivity contribution >= 4 is 34.8 Å². The summed E-state index contributed by atoms with van der Waals surface area (Å²) in [4.78, 5) is 42.2. The average molecular weight is 479 g/mol. The number of carbonyl (C=O) groups is 3. The number of Topliss-reactive ketones (excluding diaryl/α,β-unsaturated/α-hetero) is 1. The third-order valence-electron chi connectivity index (χ3n) is 6.30. The van der Waals surface area contributed by atoms with E-state index in [0.29, 0.717) is 35.5 Å². The van der Waals surface area contributed by atoms with Gasteiger partial charge in [-0.1, -0.05) is 18.9 Å². The quantitative estimate of drug-likeness (QED) is 0.178. The first-order valence-corrected chi connectivity index (χ1v) is 11.8. The van der Waals surface area contributed by atoms with E-state index in [0.717, 1.165) is 42.1 Å². The first-order valence-electron chi connectivity index (χ1n) is 11.8. The predicted molar refractivity (Wildman–Crippen MR) is 132 cm³/mol. The van der Waals surface area contributed by atoms with Crippen LogP contribution in [0.25, 0.3) is 10.9 Å². The lowest BCUT2D eigenvalue weighted by molar-refractivity contribution is -0.116. The van der Waals surface area contributed by atoms with Crippen molar-refractivity contribution < 1.29 is 28.7 Å². The molecular weight excluding hydrogens is 448 g/mol. The molecule has 35 heavy (non-hydrogen) atoms. The van der Waals surface area contributed by atoms with Gasteiger partial charge in [0.15, 0.2) is 5.78 Å². The molecule has 4 rings (SSSR count). The van der Waals surface area contributed by atoms with Crippen molar-refractivity contribution in [1.29, 1.82) is 0 Å². The SMILES string of the molecule is CCOC(=O)c1ccc(Cn2cc(C(C)=O)c3ccc(N(C=O)OC4CCCC4)cc32)c(OC)c1. The standard InChI is InChI=1S/C27H30N2O6/c1-4-34-27(32)19-9-10-20(26(13-19)33-3)15-28-16-24(18(2)31)23-12-11-21(14-25(23)28)29(17-30)35-22-7-5-6-8-22/h9-14,16-17,22H,4-8,15H2,1-3H3. The highest BCUT2D eigenvalue weighted by Gasteiger charge is 2.21. The fraction of sp³-hybridized carbons (Fsp3) is 0.370. The van der Waals surface area contributed by atoms with Crippen LogP contribution in [0.5, 0.6) is 5.75 Å². The molecule has 8 heteroatoms. The molecule has 1 aromatic heterocycles. The van der Waals surface area contributed by atoms with E-state index in [1.165, 1.54) is 12.0 Å². The molecule has 0 radical (unpaired) electrons. The Labute approximate surface area is 204 Å². The minimum Gasteiger partial charge on any atom is -0.496 e. The van der Waals surface area contributed by atoms with Gasteiger partial charge in [0.2, 0.25) is 6.41 Å². The minimum absolute atomic E-state index is 0.0256. The highest BCUT2D eigenvalue weighted by molar-refractivity contribution is 6.07. The molecule has 1 aliphatic rings. The summed E-state index contributed by atoms with van der Waals surface area (Å²) in [5.41, 5.74) is 3.20. The number of fused-ring (bicyclic) bond motifs is 1. The number of ether oxygens (including phenoxy) is 2. The third kappa shape index (κ3) is 5.22. The maximum absolute atomic E-state index is 12.4. The summed E-state index contributed by atoms with van der Waals surface area (Å²) in [5.74, 6) is 0.0704. The number of benzene rings is 2. The van der Waals surface area contributed by atoms with Gasteiger partial charge in [0.05, 0.1) is 43.1 Å². The molecule has 184 valence electrons. The van der Waals surface area contributed by atoms with Gasteiger partial charge >= 0.3 is 5.97 Å². The second kappa shape index (κ2) is 10.7. The lowest BCUT2D eigenvalue weighted by Crippen LogP contribution is -2.27. The smallest absolute Gasteiger partial charge is 0.338 e. The Kier molecular flexibility index (Phi) is 7.51. The summed E-state index contributed by atoms with van der Waals surface area (Å²) in [6.07, 6.45) is 6.56. The van der Waals surface area contributed by atoms with Crippen LogP contribution in [0.2, 0.25) is 0 Å². The first kappa shape index (κ1) is 24.5. The normalized spacial score (nSPS) is 13.7. The Morgan fingerprint density at radius 3 is 2.57 bits per heavy atom. The van der Waals surface area contributed by atoms with Gasteiger partial charge in [-0.15, -0.1) is 0 Å². The van der Waals surface area contributed by atoms with Crippen molar-refractivity contribution in [3.63, 3.8) is 0 Å². The second-order valence-electron chi connectivity index (χ2n) is 8.62. The molecule has 0 spiro atoms. The van der Waals surface area contributed by atoms with Crippen LogP contribution in [0.4, 0.5) is 5.69 Å². The summed E-state index contributed by atoms with van der Waals surface area (Å²) in [7, 11) is 1.54. The number of hydrogen-bond donors (Lipinski definition) is 0. The number of rotatable bonds is 10. The molecule has 0 unspecified atom stereocenters. The maximum atomic E-state index is 12.4. The number of hydroxylamine groups is 1. The maximum Gasteiger partial charge on any atom is 0.338 e. The fourth-order valence-corrected chi connectivity index (χ4v) is 4.53. The molecule has 0 aliphatic heterocycles.